The number of aryl methyl sites for hydroxylation is 2. The highest BCUT2D eigenvalue weighted by Crippen LogP contribution is 2.23. The van der Waals surface area contributed by atoms with Gasteiger partial charge in [0.2, 0.25) is 0 Å². The van der Waals surface area contributed by atoms with Gasteiger partial charge in [-0.15, -0.1) is 0 Å². The summed E-state index contributed by atoms with van der Waals surface area (Å²) in [7, 11) is 0. The van der Waals surface area contributed by atoms with Crippen LogP contribution in [0.25, 0.3) is 0 Å². The van der Waals surface area contributed by atoms with Gasteiger partial charge in [-0.2, -0.15) is 0 Å². The second-order valence-corrected chi connectivity index (χ2v) is 5.11. The molecular formula is C14H16BrNO2. The summed E-state index contributed by atoms with van der Waals surface area (Å²) >= 11 is 3.43. The summed E-state index contributed by atoms with van der Waals surface area (Å²) in [6.45, 7) is 4.84. The zero-order valence-corrected chi connectivity index (χ0v) is 12.1. The molecule has 0 saturated carbocycles. The van der Waals surface area contributed by atoms with Crippen LogP contribution in [0.2, 0.25) is 0 Å². The molecule has 0 aliphatic heterocycles. The number of benzene rings is 1. The van der Waals surface area contributed by atoms with E-state index >= 15 is 0 Å². The van der Waals surface area contributed by atoms with E-state index in [1.807, 2.05) is 38.1 Å². The smallest absolute Gasteiger partial charge is 0.146 e. The first-order valence-corrected chi connectivity index (χ1v) is 6.56. The molecule has 2 rings (SSSR count). The summed E-state index contributed by atoms with van der Waals surface area (Å²) in [4.78, 5) is 0. The Hall–Kier alpha value is -1.26. The molecular weight excluding hydrogens is 294 g/mol. The van der Waals surface area contributed by atoms with Crippen molar-refractivity contribution in [2.45, 2.75) is 27.0 Å². The molecule has 1 aromatic carbocycles. The van der Waals surface area contributed by atoms with Crippen molar-refractivity contribution >= 4 is 15.9 Å². The summed E-state index contributed by atoms with van der Waals surface area (Å²) < 4.78 is 12.4. The van der Waals surface area contributed by atoms with Gasteiger partial charge in [-0.3, -0.25) is 0 Å². The maximum Gasteiger partial charge on any atom is 0.146 e. The fourth-order valence-electron chi connectivity index (χ4n) is 1.79. The minimum atomic E-state index is 0.420. The molecule has 0 radical (unpaired) electrons. The van der Waals surface area contributed by atoms with Gasteiger partial charge in [0, 0.05) is 16.6 Å². The number of hydrogen-bond acceptors (Lipinski definition) is 3. The van der Waals surface area contributed by atoms with E-state index in [-0.39, 0.29) is 0 Å². The number of rotatable bonds is 4. The molecule has 96 valence electrons. The third-order valence-corrected chi connectivity index (χ3v) is 3.29. The number of halogens is 1. The molecule has 2 aromatic rings. The quantitative estimate of drug-likeness (QED) is 0.937. The number of hydrogen-bond donors (Lipinski definition) is 1. The van der Waals surface area contributed by atoms with Crippen molar-refractivity contribution in [1.82, 2.24) is 0 Å². The Morgan fingerprint density at radius 3 is 2.67 bits per heavy atom. The van der Waals surface area contributed by atoms with Crippen LogP contribution in [0.5, 0.6) is 5.75 Å². The molecule has 0 aliphatic carbocycles. The first-order chi connectivity index (χ1) is 8.60. The lowest BCUT2D eigenvalue weighted by Crippen LogP contribution is -1.96. The van der Waals surface area contributed by atoms with Crippen LogP contribution in [0, 0.1) is 13.8 Å². The molecule has 0 bridgehead atoms. The van der Waals surface area contributed by atoms with Gasteiger partial charge in [-0.1, -0.05) is 15.9 Å². The van der Waals surface area contributed by atoms with Gasteiger partial charge in [0.25, 0.3) is 0 Å². The van der Waals surface area contributed by atoms with E-state index in [1.165, 1.54) is 0 Å². The van der Waals surface area contributed by atoms with Gasteiger partial charge >= 0.3 is 0 Å². The molecule has 0 amide bonds. The van der Waals surface area contributed by atoms with Crippen molar-refractivity contribution in [3.05, 3.63) is 51.4 Å². The molecule has 1 aromatic heterocycles. The number of ether oxygens (including phenoxy) is 1. The molecule has 4 heteroatoms. The molecule has 0 aliphatic rings. The van der Waals surface area contributed by atoms with Crippen LogP contribution in [-0.2, 0) is 13.2 Å². The molecule has 2 N–H and O–H groups in total. The Morgan fingerprint density at radius 1 is 1.28 bits per heavy atom. The second kappa shape index (κ2) is 5.59. The van der Waals surface area contributed by atoms with Crippen LogP contribution in [0.1, 0.15) is 22.6 Å². The first kappa shape index (κ1) is 13.2. The van der Waals surface area contributed by atoms with E-state index in [1.54, 1.807) is 0 Å². The molecule has 0 fully saturated rings. The lowest BCUT2D eigenvalue weighted by molar-refractivity contribution is 0.266. The lowest BCUT2D eigenvalue weighted by Gasteiger charge is -2.07. The highest BCUT2D eigenvalue weighted by molar-refractivity contribution is 9.10. The van der Waals surface area contributed by atoms with Crippen LogP contribution in [0.15, 0.2) is 33.2 Å². The minimum Gasteiger partial charge on any atom is -0.485 e. The SMILES string of the molecule is Cc1cc(Br)ccc1OCc1cc(CN)c(C)o1. The van der Waals surface area contributed by atoms with Crippen LogP contribution in [-0.4, -0.2) is 0 Å². The van der Waals surface area contributed by atoms with E-state index in [4.69, 9.17) is 14.9 Å². The maximum atomic E-state index is 5.74. The maximum absolute atomic E-state index is 5.74. The number of furan rings is 1. The van der Waals surface area contributed by atoms with Crippen molar-refractivity contribution in [3.8, 4) is 5.75 Å². The monoisotopic (exact) mass is 309 g/mol. The van der Waals surface area contributed by atoms with Gasteiger partial charge in [0.15, 0.2) is 0 Å². The Bertz CT molecular complexity index is 549. The summed E-state index contributed by atoms with van der Waals surface area (Å²) in [5, 5.41) is 0. The fourth-order valence-corrected chi connectivity index (χ4v) is 2.26. The molecule has 3 nitrogen and oxygen atoms in total. The summed E-state index contributed by atoms with van der Waals surface area (Å²) in [5.74, 6) is 2.53. The highest BCUT2D eigenvalue weighted by atomic mass is 79.9. The predicted molar refractivity (Wildman–Crippen MR) is 74.5 cm³/mol. The zero-order chi connectivity index (χ0) is 13.1. The molecule has 0 unspecified atom stereocenters. The van der Waals surface area contributed by atoms with Gasteiger partial charge in [0.1, 0.15) is 23.9 Å². The van der Waals surface area contributed by atoms with E-state index < -0.39 is 0 Å². The van der Waals surface area contributed by atoms with Crippen molar-refractivity contribution in [3.63, 3.8) is 0 Å². The Morgan fingerprint density at radius 2 is 2.06 bits per heavy atom. The Kier molecular flexibility index (Phi) is 4.09. The molecule has 1 heterocycles. The topological polar surface area (TPSA) is 48.4 Å². The largest absolute Gasteiger partial charge is 0.485 e. The summed E-state index contributed by atoms with van der Waals surface area (Å²) in [6.07, 6.45) is 0. The Balaban J connectivity index is 2.06. The average molecular weight is 310 g/mol. The summed E-state index contributed by atoms with van der Waals surface area (Å²) in [6, 6.07) is 7.87. The van der Waals surface area contributed by atoms with Crippen molar-refractivity contribution in [2.24, 2.45) is 5.73 Å². The van der Waals surface area contributed by atoms with Gasteiger partial charge in [-0.05, 0) is 43.7 Å². The van der Waals surface area contributed by atoms with Crippen molar-refractivity contribution < 1.29 is 9.15 Å². The van der Waals surface area contributed by atoms with Gasteiger partial charge < -0.3 is 14.9 Å². The van der Waals surface area contributed by atoms with Gasteiger partial charge in [-0.25, -0.2) is 0 Å². The average Bonchev–Trinajstić information content (AvgIpc) is 2.69. The van der Waals surface area contributed by atoms with Crippen molar-refractivity contribution in [2.75, 3.05) is 0 Å². The summed E-state index contributed by atoms with van der Waals surface area (Å²) in [5.41, 5.74) is 7.72. The zero-order valence-electron chi connectivity index (χ0n) is 10.5. The van der Waals surface area contributed by atoms with Crippen LogP contribution in [0.4, 0.5) is 0 Å². The van der Waals surface area contributed by atoms with Crippen LogP contribution >= 0.6 is 15.9 Å². The van der Waals surface area contributed by atoms with Crippen LogP contribution < -0.4 is 10.5 Å². The second-order valence-electron chi connectivity index (χ2n) is 4.20. The Labute approximate surface area is 115 Å². The van der Waals surface area contributed by atoms with E-state index in [2.05, 4.69) is 15.9 Å². The molecule has 0 saturated heterocycles. The van der Waals surface area contributed by atoms with E-state index in [9.17, 15) is 0 Å². The van der Waals surface area contributed by atoms with Crippen LogP contribution in [0.3, 0.4) is 0 Å². The fraction of sp³-hybridized carbons (Fsp3) is 0.286. The standard InChI is InChI=1S/C14H16BrNO2/c1-9-5-12(15)3-4-14(9)17-8-13-6-11(7-16)10(2)18-13/h3-6H,7-8,16H2,1-2H3. The lowest BCUT2D eigenvalue weighted by atomic mass is 10.2. The van der Waals surface area contributed by atoms with Gasteiger partial charge in [0.05, 0.1) is 0 Å². The third-order valence-electron chi connectivity index (χ3n) is 2.80. The molecule has 0 atom stereocenters. The number of nitrogens with two attached hydrogens (primary N) is 1. The van der Waals surface area contributed by atoms with E-state index in [0.29, 0.717) is 13.2 Å². The molecule has 0 spiro atoms. The first-order valence-electron chi connectivity index (χ1n) is 5.77. The third kappa shape index (κ3) is 2.94. The molecule has 18 heavy (non-hydrogen) atoms. The highest BCUT2D eigenvalue weighted by Gasteiger charge is 2.07. The normalized spacial score (nSPS) is 10.7. The van der Waals surface area contributed by atoms with Crippen molar-refractivity contribution in [1.29, 1.82) is 0 Å². The predicted octanol–water partition coefficient (Wildman–Crippen LogP) is 3.70. The minimum absolute atomic E-state index is 0.420. The van der Waals surface area contributed by atoms with E-state index in [0.717, 1.165) is 32.9 Å².